The number of ether oxygens (including phenoxy) is 1. The Kier molecular flexibility index (Phi) is 8.26. The minimum absolute atomic E-state index is 0.135. The van der Waals surface area contributed by atoms with Crippen LogP contribution in [0.15, 0.2) is 0 Å². The predicted octanol–water partition coefficient (Wildman–Crippen LogP) is 3.89. The van der Waals surface area contributed by atoms with Crippen molar-refractivity contribution >= 4 is 12.1 Å². The molecule has 19 heavy (non-hydrogen) atoms. The van der Waals surface area contributed by atoms with Gasteiger partial charge in [-0.3, -0.25) is 4.90 Å². The van der Waals surface area contributed by atoms with E-state index in [-0.39, 0.29) is 6.54 Å². The van der Waals surface area contributed by atoms with E-state index in [1.165, 1.54) is 56.3 Å². The Morgan fingerprint density at radius 2 is 1.42 bits per heavy atom. The van der Waals surface area contributed by atoms with Gasteiger partial charge in [0.2, 0.25) is 0 Å². The highest BCUT2D eigenvalue weighted by atomic mass is 16.6. The van der Waals surface area contributed by atoms with E-state index in [4.69, 9.17) is 0 Å². The molecule has 1 saturated heterocycles. The summed E-state index contributed by atoms with van der Waals surface area (Å²) in [6.45, 7) is 3.03. The lowest BCUT2D eigenvalue weighted by Gasteiger charge is -2.10. The van der Waals surface area contributed by atoms with Gasteiger partial charge < -0.3 is 4.74 Å². The Bertz CT molecular complexity index is 279. The normalized spacial score (nSPS) is 15.1. The van der Waals surface area contributed by atoms with Crippen LogP contribution in [-0.4, -0.2) is 30.1 Å². The number of carbonyl (C=O) groups excluding carboxylic acids is 2. The van der Waals surface area contributed by atoms with Crippen molar-refractivity contribution in [1.82, 2.24) is 4.90 Å². The van der Waals surface area contributed by atoms with Crippen molar-refractivity contribution in [1.29, 1.82) is 0 Å². The quantitative estimate of drug-likeness (QED) is 0.325. The SMILES string of the molecule is CCCCCCCCCCCCN1CC(=O)OC1=O. The zero-order valence-corrected chi connectivity index (χ0v) is 12.2. The molecule has 4 nitrogen and oxygen atoms in total. The van der Waals surface area contributed by atoms with Gasteiger partial charge >= 0.3 is 12.1 Å². The molecule has 0 bridgehead atoms. The molecule has 0 radical (unpaired) electrons. The summed E-state index contributed by atoms with van der Waals surface area (Å²) < 4.78 is 4.46. The third-order valence-corrected chi connectivity index (χ3v) is 3.56. The molecule has 0 aliphatic carbocycles. The maximum atomic E-state index is 11.2. The molecule has 1 aliphatic rings. The lowest BCUT2D eigenvalue weighted by molar-refractivity contribution is -0.132. The van der Waals surface area contributed by atoms with Gasteiger partial charge in [-0.2, -0.15) is 0 Å². The molecular formula is C15H27NO3. The topological polar surface area (TPSA) is 46.6 Å². The monoisotopic (exact) mass is 269 g/mol. The van der Waals surface area contributed by atoms with Crippen molar-refractivity contribution in [2.45, 2.75) is 71.1 Å². The molecule has 0 spiro atoms. The highest BCUT2D eigenvalue weighted by molar-refractivity contribution is 5.92. The zero-order valence-electron chi connectivity index (χ0n) is 12.2. The largest absolute Gasteiger partial charge is 0.418 e. The van der Waals surface area contributed by atoms with Crippen LogP contribution in [-0.2, 0) is 9.53 Å². The Morgan fingerprint density at radius 3 is 1.89 bits per heavy atom. The second-order valence-electron chi connectivity index (χ2n) is 5.34. The number of hydrogen-bond donors (Lipinski definition) is 0. The van der Waals surface area contributed by atoms with E-state index in [1.807, 2.05) is 0 Å². The predicted molar refractivity (Wildman–Crippen MR) is 74.9 cm³/mol. The minimum Gasteiger partial charge on any atom is -0.375 e. The van der Waals surface area contributed by atoms with Gasteiger partial charge in [0, 0.05) is 6.54 Å². The number of carbonyl (C=O) groups is 2. The average molecular weight is 269 g/mol. The molecule has 1 amide bonds. The van der Waals surface area contributed by atoms with Crippen molar-refractivity contribution in [3.8, 4) is 0 Å². The van der Waals surface area contributed by atoms with Crippen molar-refractivity contribution < 1.29 is 14.3 Å². The maximum absolute atomic E-state index is 11.2. The fourth-order valence-electron chi connectivity index (χ4n) is 2.38. The molecule has 0 aromatic carbocycles. The van der Waals surface area contributed by atoms with Crippen molar-refractivity contribution in [3.63, 3.8) is 0 Å². The summed E-state index contributed by atoms with van der Waals surface area (Å²) in [5.41, 5.74) is 0. The Morgan fingerprint density at radius 1 is 0.895 bits per heavy atom. The van der Waals surface area contributed by atoms with E-state index in [0.29, 0.717) is 6.54 Å². The van der Waals surface area contributed by atoms with Crippen LogP contribution in [0.4, 0.5) is 4.79 Å². The van der Waals surface area contributed by atoms with E-state index in [0.717, 1.165) is 12.8 Å². The van der Waals surface area contributed by atoms with Gasteiger partial charge in [-0.1, -0.05) is 64.7 Å². The van der Waals surface area contributed by atoms with E-state index in [1.54, 1.807) is 0 Å². The van der Waals surface area contributed by atoms with Crippen LogP contribution in [0.2, 0.25) is 0 Å². The standard InChI is InChI=1S/C15H27NO3/c1-2-3-4-5-6-7-8-9-10-11-12-16-13-14(17)19-15(16)18/h2-13H2,1H3. The first-order valence-corrected chi connectivity index (χ1v) is 7.73. The molecule has 0 N–H and O–H groups in total. The second kappa shape index (κ2) is 9.82. The van der Waals surface area contributed by atoms with Gasteiger partial charge in [-0.05, 0) is 6.42 Å². The van der Waals surface area contributed by atoms with Gasteiger partial charge in [-0.15, -0.1) is 0 Å². The summed E-state index contributed by atoms with van der Waals surface area (Å²) in [7, 11) is 0. The van der Waals surface area contributed by atoms with E-state index >= 15 is 0 Å². The van der Waals surface area contributed by atoms with Gasteiger partial charge in [-0.25, -0.2) is 9.59 Å². The number of esters is 1. The third kappa shape index (κ3) is 7.19. The lowest BCUT2D eigenvalue weighted by Crippen LogP contribution is -2.25. The van der Waals surface area contributed by atoms with Crippen LogP contribution >= 0.6 is 0 Å². The van der Waals surface area contributed by atoms with E-state index in [2.05, 4.69) is 11.7 Å². The van der Waals surface area contributed by atoms with E-state index < -0.39 is 12.1 Å². The van der Waals surface area contributed by atoms with E-state index in [9.17, 15) is 9.59 Å². The Labute approximate surface area is 116 Å². The van der Waals surface area contributed by atoms with Crippen molar-refractivity contribution in [2.75, 3.05) is 13.1 Å². The van der Waals surface area contributed by atoms with Gasteiger partial charge in [0.25, 0.3) is 0 Å². The summed E-state index contributed by atoms with van der Waals surface area (Å²) in [6, 6.07) is 0. The molecule has 1 heterocycles. The van der Waals surface area contributed by atoms with Gasteiger partial charge in [0.15, 0.2) is 0 Å². The van der Waals surface area contributed by atoms with Gasteiger partial charge in [0.1, 0.15) is 6.54 Å². The molecule has 4 heteroatoms. The Balaban J connectivity index is 1.84. The highest BCUT2D eigenvalue weighted by Crippen LogP contribution is 2.12. The molecule has 0 unspecified atom stereocenters. The summed E-state index contributed by atoms with van der Waals surface area (Å²) in [6.07, 6.45) is 12.2. The maximum Gasteiger partial charge on any atom is 0.418 e. The average Bonchev–Trinajstić information content (AvgIpc) is 2.70. The smallest absolute Gasteiger partial charge is 0.375 e. The molecule has 0 atom stereocenters. The molecular weight excluding hydrogens is 242 g/mol. The fraction of sp³-hybridized carbons (Fsp3) is 0.867. The molecule has 1 fully saturated rings. The van der Waals surface area contributed by atoms with Crippen molar-refractivity contribution in [3.05, 3.63) is 0 Å². The summed E-state index contributed by atoms with van der Waals surface area (Å²) >= 11 is 0. The molecule has 1 rings (SSSR count). The molecule has 1 aliphatic heterocycles. The van der Waals surface area contributed by atoms with Crippen LogP contribution < -0.4 is 0 Å². The Hall–Kier alpha value is -1.06. The summed E-state index contributed by atoms with van der Waals surface area (Å²) in [4.78, 5) is 23.5. The second-order valence-corrected chi connectivity index (χ2v) is 5.34. The number of rotatable bonds is 11. The summed E-state index contributed by atoms with van der Waals surface area (Å²) in [5, 5.41) is 0. The molecule has 0 aromatic rings. The lowest BCUT2D eigenvalue weighted by atomic mass is 10.1. The number of cyclic esters (lactones) is 2. The first-order valence-electron chi connectivity index (χ1n) is 7.73. The highest BCUT2D eigenvalue weighted by Gasteiger charge is 2.28. The molecule has 0 saturated carbocycles. The van der Waals surface area contributed by atoms with Crippen LogP contribution in [0.5, 0.6) is 0 Å². The number of amides is 1. The number of nitrogens with zero attached hydrogens (tertiary/aromatic N) is 1. The zero-order chi connectivity index (χ0) is 13.9. The van der Waals surface area contributed by atoms with Crippen LogP contribution in [0.1, 0.15) is 71.1 Å². The first-order chi connectivity index (χ1) is 9.24. The molecule has 110 valence electrons. The molecule has 0 aromatic heterocycles. The first kappa shape index (κ1) is 16.0. The number of unbranched alkanes of at least 4 members (excludes halogenated alkanes) is 9. The van der Waals surface area contributed by atoms with Crippen LogP contribution in [0, 0.1) is 0 Å². The van der Waals surface area contributed by atoms with Crippen LogP contribution in [0.25, 0.3) is 0 Å². The third-order valence-electron chi connectivity index (χ3n) is 3.56. The van der Waals surface area contributed by atoms with Gasteiger partial charge in [0.05, 0.1) is 0 Å². The van der Waals surface area contributed by atoms with Crippen molar-refractivity contribution in [2.24, 2.45) is 0 Å². The number of hydrogen-bond acceptors (Lipinski definition) is 3. The summed E-state index contributed by atoms with van der Waals surface area (Å²) in [5.74, 6) is -0.419. The fourth-order valence-corrected chi connectivity index (χ4v) is 2.38. The van der Waals surface area contributed by atoms with Crippen LogP contribution in [0.3, 0.4) is 0 Å². The minimum atomic E-state index is -0.471.